The number of Topliss-reactive ketones (excluding diaryl/α,β-unsaturated/α-hetero) is 1. The first-order chi connectivity index (χ1) is 35.4. The van der Waals surface area contributed by atoms with Crippen molar-refractivity contribution in [2.24, 2.45) is 5.73 Å². The number of nitrogens with two attached hydrogens (primary N) is 1. The first kappa shape index (κ1) is 52.9. The van der Waals surface area contributed by atoms with Gasteiger partial charge in [-0.1, -0.05) is 7.43 Å². The van der Waals surface area contributed by atoms with Crippen molar-refractivity contribution < 1.29 is 28.5 Å². The molecule has 378 valence electrons. The van der Waals surface area contributed by atoms with Gasteiger partial charge in [-0.05, 0) is 161 Å². The standard InChI is InChI=1S/C24H18N6O2.C23H24BN5O3.C7H6BrNO.CH4/c25-12-15-1-4-18(5-2-15)30(19-6-7-19)24(32)16-9-10-29-22(11-16)20(14-28-29)21-8-3-17(13-27-21)23(26)31;1-22(2)23(3,4)32-24(31-22)18-14-27-28-10-9-16(11-19(18)28)21(30)29(17-6-7-17)20-8-5-15(12-25)13-26-20;1-5(10)6-2-3-7(8)9-4-6;/h1-5,8-11,13-14,19H,6-7H2,(H2,26,31);5,8-11,13-14,17H,6-7H2,1-4H3;2-4H,1H3;1H4. The summed E-state index contributed by atoms with van der Waals surface area (Å²) in [6, 6.07) is 28.8. The van der Waals surface area contributed by atoms with Gasteiger partial charge in [-0.2, -0.15) is 20.7 Å². The average Bonchev–Trinajstić information content (AvgIpc) is 4.33. The lowest BCUT2D eigenvalue weighted by molar-refractivity contribution is 0.00578. The number of nitriles is 2. The second kappa shape index (κ2) is 21.6. The Kier molecular flexibility index (Phi) is 15.2. The van der Waals surface area contributed by atoms with Crippen LogP contribution in [0.4, 0.5) is 11.5 Å². The van der Waals surface area contributed by atoms with Crippen molar-refractivity contribution in [1.82, 2.24) is 34.2 Å². The number of aromatic nitrogens is 7. The molecule has 2 saturated carbocycles. The highest BCUT2D eigenvalue weighted by Crippen LogP contribution is 2.38. The molecule has 1 saturated heterocycles. The van der Waals surface area contributed by atoms with Crippen LogP contribution in [0.5, 0.6) is 0 Å². The summed E-state index contributed by atoms with van der Waals surface area (Å²) in [6.45, 7) is 9.54. The fraction of sp³-hybridized carbons (Fsp3) is 0.255. The molecule has 20 heteroatoms. The SMILES string of the molecule is C.CC(=O)c1ccc(Br)nc1.CC1(C)OB(c2cnn3ccc(C(=O)N(c4ccc(C#N)cn4)C4CC4)cc23)OC1(C)C.N#Cc1ccc(N(C(=O)c2ccn3ncc(-c4ccc(C(N)=O)cn4)c3c2)C2CC2)cc1. The Morgan fingerprint density at radius 1 is 0.667 bits per heavy atom. The molecule has 3 fully saturated rings. The van der Waals surface area contributed by atoms with E-state index in [9.17, 15) is 19.2 Å². The number of hydrogen-bond acceptors (Lipinski definition) is 13. The van der Waals surface area contributed by atoms with Gasteiger partial charge in [-0.15, -0.1) is 0 Å². The maximum atomic E-state index is 13.5. The van der Waals surface area contributed by atoms with Gasteiger partial charge in [-0.3, -0.25) is 29.1 Å². The van der Waals surface area contributed by atoms with Gasteiger partial charge < -0.3 is 19.9 Å². The number of carbonyl (C=O) groups is 4. The minimum atomic E-state index is -0.567. The van der Waals surface area contributed by atoms with Crippen LogP contribution in [0.15, 0.2) is 133 Å². The van der Waals surface area contributed by atoms with Crippen LogP contribution in [0.3, 0.4) is 0 Å². The molecule has 0 atom stereocenters. The number of amides is 3. The summed E-state index contributed by atoms with van der Waals surface area (Å²) < 4.78 is 16.5. The first-order valence-electron chi connectivity index (χ1n) is 23.7. The van der Waals surface area contributed by atoms with E-state index in [1.807, 2.05) is 45.9 Å². The smallest absolute Gasteiger partial charge is 0.399 e. The molecule has 2 N–H and O–H groups in total. The van der Waals surface area contributed by atoms with Crippen LogP contribution in [0.2, 0.25) is 0 Å². The fourth-order valence-electron chi connectivity index (χ4n) is 8.06. The molecule has 18 nitrogen and oxygen atoms in total. The largest absolute Gasteiger partial charge is 0.498 e. The number of benzene rings is 1. The third-order valence-electron chi connectivity index (χ3n) is 13.2. The summed E-state index contributed by atoms with van der Waals surface area (Å²) in [5, 5.41) is 26.9. The van der Waals surface area contributed by atoms with E-state index in [0.29, 0.717) is 44.9 Å². The molecule has 0 bridgehead atoms. The van der Waals surface area contributed by atoms with Crippen molar-refractivity contribution in [2.45, 2.75) is 91.0 Å². The van der Waals surface area contributed by atoms with Gasteiger partial charge in [0.2, 0.25) is 5.91 Å². The minimum absolute atomic E-state index is 0. The van der Waals surface area contributed by atoms with E-state index in [0.717, 1.165) is 58.0 Å². The van der Waals surface area contributed by atoms with E-state index in [4.69, 9.17) is 25.6 Å². The summed E-state index contributed by atoms with van der Waals surface area (Å²) in [5.41, 5.74) is 11.8. The van der Waals surface area contributed by atoms with Crippen molar-refractivity contribution in [3.8, 4) is 23.4 Å². The molecule has 8 aromatic rings. The molecule has 11 rings (SSSR count). The lowest BCUT2D eigenvalue weighted by Crippen LogP contribution is -2.41. The van der Waals surface area contributed by atoms with Crippen LogP contribution in [0, 0.1) is 22.7 Å². The van der Waals surface area contributed by atoms with Crippen molar-refractivity contribution in [2.75, 3.05) is 9.80 Å². The van der Waals surface area contributed by atoms with Gasteiger partial charge in [0.05, 0.1) is 56.9 Å². The number of ketones is 1. The Labute approximate surface area is 442 Å². The number of pyridine rings is 5. The van der Waals surface area contributed by atoms with Gasteiger partial charge in [0.25, 0.3) is 11.8 Å². The van der Waals surface area contributed by atoms with Crippen molar-refractivity contribution in [1.29, 1.82) is 10.5 Å². The van der Waals surface area contributed by atoms with E-state index in [2.05, 4.69) is 53.2 Å². The quantitative estimate of drug-likeness (QED) is 0.0768. The number of fused-ring (bicyclic) bond motifs is 2. The molecule has 3 amide bonds. The molecule has 0 radical (unpaired) electrons. The fourth-order valence-corrected chi connectivity index (χ4v) is 8.30. The van der Waals surface area contributed by atoms with Crippen LogP contribution in [-0.4, -0.2) is 88.1 Å². The summed E-state index contributed by atoms with van der Waals surface area (Å²) in [6.07, 6.45) is 15.1. The lowest BCUT2D eigenvalue weighted by Gasteiger charge is -2.32. The maximum Gasteiger partial charge on any atom is 0.498 e. The highest BCUT2D eigenvalue weighted by atomic mass is 79.9. The van der Waals surface area contributed by atoms with Crippen LogP contribution in [-0.2, 0) is 9.31 Å². The zero-order chi connectivity index (χ0) is 52.5. The molecule has 0 spiro atoms. The third kappa shape index (κ3) is 11.4. The number of rotatable bonds is 10. The number of primary amides is 1. The highest BCUT2D eigenvalue weighted by molar-refractivity contribution is 9.10. The number of anilines is 2. The molecule has 75 heavy (non-hydrogen) atoms. The Bertz CT molecular complexity index is 3510. The molecule has 7 aromatic heterocycles. The monoisotopic (exact) mass is 1070 g/mol. The first-order valence-corrected chi connectivity index (χ1v) is 24.5. The van der Waals surface area contributed by atoms with Crippen molar-refractivity contribution in [3.63, 3.8) is 0 Å². The molecule has 1 aliphatic heterocycles. The zero-order valence-electron chi connectivity index (χ0n) is 41.0. The predicted octanol–water partition coefficient (Wildman–Crippen LogP) is 8.57. The number of carbonyl (C=O) groups excluding carboxylic acids is 4. The molecule has 0 unspecified atom stereocenters. The maximum absolute atomic E-state index is 13.5. The Morgan fingerprint density at radius 3 is 1.76 bits per heavy atom. The molecule has 3 aliphatic rings. The lowest BCUT2D eigenvalue weighted by atomic mass is 9.80. The normalized spacial score (nSPS) is 15.0. The Morgan fingerprint density at radius 2 is 1.23 bits per heavy atom. The average molecular weight is 1070 g/mol. The van der Waals surface area contributed by atoms with E-state index in [-0.39, 0.29) is 37.1 Å². The van der Waals surface area contributed by atoms with Gasteiger partial charge in [-0.25, -0.2) is 19.0 Å². The number of halogens is 1. The topological polar surface area (TPSA) is 240 Å². The summed E-state index contributed by atoms with van der Waals surface area (Å²) in [5.74, 6) is -0.187. The van der Waals surface area contributed by atoms with Crippen molar-refractivity contribution in [3.05, 3.63) is 166 Å². The summed E-state index contributed by atoms with van der Waals surface area (Å²) in [4.78, 5) is 65.1. The van der Waals surface area contributed by atoms with Gasteiger partial charge in [0.15, 0.2) is 5.78 Å². The van der Waals surface area contributed by atoms with E-state index < -0.39 is 24.2 Å². The van der Waals surface area contributed by atoms with Crippen molar-refractivity contribution >= 4 is 74.6 Å². The third-order valence-corrected chi connectivity index (χ3v) is 13.7. The molecular weight excluding hydrogens is 1020 g/mol. The van der Waals surface area contributed by atoms with E-state index in [1.54, 1.807) is 117 Å². The number of nitrogens with zero attached hydrogens (tertiary/aromatic N) is 11. The van der Waals surface area contributed by atoms with Crippen LogP contribution < -0.4 is 21.0 Å². The van der Waals surface area contributed by atoms with Gasteiger partial charge in [0.1, 0.15) is 16.5 Å². The second-order valence-corrected chi connectivity index (χ2v) is 19.8. The van der Waals surface area contributed by atoms with Crippen LogP contribution in [0.1, 0.15) is 120 Å². The second-order valence-electron chi connectivity index (χ2n) is 18.9. The predicted molar refractivity (Wildman–Crippen MR) is 286 cm³/mol. The molecular formula is C55H52BBrN12O6. The van der Waals surface area contributed by atoms with Crippen LogP contribution in [0.25, 0.3) is 22.3 Å². The highest BCUT2D eigenvalue weighted by Gasteiger charge is 2.52. The van der Waals surface area contributed by atoms with Gasteiger partial charge >= 0.3 is 7.12 Å². The van der Waals surface area contributed by atoms with E-state index >= 15 is 0 Å². The molecule has 2 aliphatic carbocycles. The van der Waals surface area contributed by atoms with E-state index in [1.165, 1.54) is 19.3 Å². The summed E-state index contributed by atoms with van der Waals surface area (Å²) >= 11 is 3.17. The molecule has 1 aromatic carbocycles. The number of hydrogen-bond donors (Lipinski definition) is 1. The van der Waals surface area contributed by atoms with Gasteiger partial charge in [0, 0.05) is 82.7 Å². The molecule has 8 heterocycles. The minimum Gasteiger partial charge on any atom is -0.399 e. The van der Waals surface area contributed by atoms with Crippen LogP contribution >= 0.6 is 15.9 Å². The Balaban J connectivity index is 0.000000167. The zero-order valence-corrected chi connectivity index (χ0v) is 42.6. The summed E-state index contributed by atoms with van der Waals surface area (Å²) in [7, 11) is -0.567. The Hall–Kier alpha value is -8.43.